The minimum Gasteiger partial charge on any atom is -0.496 e. The van der Waals surface area contributed by atoms with Crippen molar-refractivity contribution in [2.75, 3.05) is 17.3 Å². The van der Waals surface area contributed by atoms with Crippen molar-refractivity contribution < 1.29 is 18.7 Å². The highest BCUT2D eigenvalue weighted by Gasteiger charge is 2.41. The quantitative estimate of drug-likeness (QED) is 0.425. The lowest BCUT2D eigenvalue weighted by Gasteiger charge is -2.16. The van der Waals surface area contributed by atoms with Gasteiger partial charge in [0.2, 0.25) is 0 Å². The molecule has 0 saturated carbocycles. The number of amides is 2. The number of nitrogens with one attached hydrogen (secondary N) is 1. The van der Waals surface area contributed by atoms with E-state index >= 15 is 0 Å². The van der Waals surface area contributed by atoms with Gasteiger partial charge in [0, 0.05) is 16.6 Å². The van der Waals surface area contributed by atoms with Crippen LogP contribution in [0.2, 0.25) is 0 Å². The van der Waals surface area contributed by atoms with E-state index in [1.807, 2.05) is 42.5 Å². The van der Waals surface area contributed by atoms with E-state index in [-0.39, 0.29) is 17.0 Å². The zero-order chi connectivity index (χ0) is 22.9. The number of benzene rings is 4. The molecule has 1 aliphatic heterocycles. The van der Waals surface area contributed by atoms with Gasteiger partial charge in [-0.1, -0.05) is 54.6 Å². The van der Waals surface area contributed by atoms with Crippen LogP contribution in [0.15, 0.2) is 96.7 Å². The number of halogens is 1. The Labute approximate surface area is 189 Å². The molecule has 2 amide bonds. The van der Waals surface area contributed by atoms with Gasteiger partial charge in [-0.3, -0.25) is 9.59 Å². The lowest BCUT2D eigenvalue weighted by Crippen LogP contribution is -2.32. The number of para-hydroxylation sites is 1. The van der Waals surface area contributed by atoms with Crippen LogP contribution in [0.5, 0.6) is 5.75 Å². The zero-order valence-corrected chi connectivity index (χ0v) is 17.7. The van der Waals surface area contributed by atoms with Crippen molar-refractivity contribution in [2.24, 2.45) is 0 Å². The maximum Gasteiger partial charge on any atom is 0.282 e. The van der Waals surface area contributed by atoms with Gasteiger partial charge in [0.15, 0.2) is 0 Å². The summed E-state index contributed by atoms with van der Waals surface area (Å²) in [6.07, 6.45) is 0. The summed E-state index contributed by atoms with van der Waals surface area (Å²) < 4.78 is 19.0. The van der Waals surface area contributed by atoms with Crippen molar-refractivity contribution in [3.63, 3.8) is 0 Å². The maximum absolute atomic E-state index is 13.6. The fraction of sp³-hybridized carbons (Fsp3) is 0.0370. The number of methoxy groups -OCH3 is 1. The SMILES string of the molecule is COc1ccccc1C1=C(Nc2cccc3ccccc23)C(=O)N(c2ccc(F)cc2)C1=O. The molecule has 162 valence electrons. The standard InChI is InChI=1S/C27H19FN2O3/c1-33-23-12-5-4-10-21(23)24-25(29-22-11-6-8-17-7-2-3-9-20(17)22)27(32)30(26(24)31)19-15-13-18(28)14-16-19/h2-16,29H,1H3. The van der Waals surface area contributed by atoms with E-state index < -0.39 is 17.6 Å². The van der Waals surface area contributed by atoms with Gasteiger partial charge in [0.25, 0.3) is 11.8 Å². The molecule has 0 fully saturated rings. The van der Waals surface area contributed by atoms with Crippen LogP contribution in [-0.2, 0) is 9.59 Å². The summed E-state index contributed by atoms with van der Waals surface area (Å²) >= 11 is 0. The first-order chi connectivity index (χ1) is 16.1. The summed E-state index contributed by atoms with van der Waals surface area (Å²) in [6.45, 7) is 0. The van der Waals surface area contributed by atoms with Crippen LogP contribution >= 0.6 is 0 Å². The first kappa shape index (κ1) is 20.5. The van der Waals surface area contributed by atoms with Crippen LogP contribution in [0, 0.1) is 5.82 Å². The third-order valence-corrected chi connectivity index (χ3v) is 5.59. The molecule has 0 spiro atoms. The van der Waals surface area contributed by atoms with Crippen molar-refractivity contribution in [1.29, 1.82) is 0 Å². The van der Waals surface area contributed by atoms with Gasteiger partial charge in [-0.25, -0.2) is 9.29 Å². The van der Waals surface area contributed by atoms with E-state index in [2.05, 4.69) is 5.32 Å². The largest absolute Gasteiger partial charge is 0.496 e. The Hall–Kier alpha value is -4.45. The van der Waals surface area contributed by atoms with Crippen LogP contribution in [0.25, 0.3) is 16.3 Å². The van der Waals surface area contributed by atoms with Gasteiger partial charge in [-0.15, -0.1) is 0 Å². The molecule has 1 N–H and O–H groups in total. The summed E-state index contributed by atoms with van der Waals surface area (Å²) in [5, 5.41) is 5.12. The molecule has 0 bridgehead atoms. The summed E-state index contributed by atoms with van der Waals surface area (Å²) in [5.74, 6) is -1.03. The van der Waals surface area contributed by atoms with E-state index in [4.69, 9.17) is 4.74 Å². The number of hydrogen-bond acceptors (Lipinski definition) is 4. The molecule has 0 radical (unpaired) electrons. The highest BCUT2D eigenvalue weighted by atomic mass is 19.1. The molecule has 0 aromatic heterocycles. The molecule has 1 heterocycles. The van der Waals surface area contributed by atoms with Crippen LogP contribution in [-0.4, -0.2) is 18.9 Å². The average molecular weight is 438 g/mol. The smallest absolute Gasteiger partial charge is 0.282 e. The fourth-order valence-electron chi connectivity index (χ4n) is 4.04. The molecule has 4 aromatic carbocycles. The van der Waals surface area contributed by atoms with Crippen LogP contribution in [0.1, 0.15) is 5.56 Å². The molecule has 0 saturated heterocycles. The summed E-state index contributed by atoms with van der Waals surface area (Å²) in [5.41, 5.74) is 1.79. The first-order valence-electron chi connectivity index (χ1n) is 10.4. The second kappa shape index (κ2) is 8.24. The number of rotatable bonds is 5. The van der Waals surface area contributed by atoms with Crippen molar-refractivity contribution in [3.8, 4) is 5.75 Å². The summed E-state index contributed by atoms with van der Waals surface area (Å²) in [7, 11) is 1.51. The Morgan fingerprint density at radius 2 is 1.48 bits per heavy atom. The Bertz CT molecular complexity index is 1420. The molecule has 0 atom stereocenters. The number of anilines is 2. The van der Waals surface area contributed by atoms with Crippen molar-refractivity contribution in [2.45, 2.75) is 0 Å². The van der Waals surface area contributed by atoms with Crippen molar-refractivity contribution in [3.05, 3.63) is 108 Å². The second-order valence-corrected chi connectivity index (χ2v) is 7.52. The molecular formula is C27H19FN2O3. The zero-order valence-electron chi connectivity index (χ0n) is 17.7. The maximum atomic E-state index is 13.6. The molecule has 4 aromatic rings. The van der Waals surface area contributed by atoms with Gasteiger partial charge < -0.3 is 10.1 Å². The summed E-state index contributed by atoms with van der Waals surface area (Å²) in [4.78, 5) is 28.2. The number of nitrogens with zero attached hydrogens (tertiary/aromatic N) is 1. The van der Waals surface area contributed by atoms with E-state index in [0.717, 1.165) is 15.7 Å². The molecule has 1 aliphatic rings. The minimum absolute atomic E-state index is 0.130. The molecular weight excluding hydrogens is 419 g/mol. The van der Waals surface area contributed by atoms with Gasteiger partial charge in [-0.2, -0.15) is 0 Å². The Morgan fingerprint density at radius 1 is 0.788 bits per heavy atom. The molecule has 0 unspecified atom stereocenters. The van der Waals surface area contributed by atoms with Gasteiger partial charge in [-0.05, 0) is 41.8 Å². The van der Waals surface area contributed by atoms with E-state index in [1.54, 1.807) is 24.3 Å². The topological polar surface area (TPSA) is 58.6 Å². The minimum atomic E-state index is -0.527. The predicted molar refractivity (Wildman–Crippen MR) is 126 cm³/mol. The fourth-order valence-corrected chi connectivity index (χ4v) is 4.04. The van der Waals surface area contributed by atoms with Crippen molar-refractivity contribution >= 4 is 39.5 Å². The molecule has 33 heavy (non-hydrogen) atoms. The van der Waals surface area contributed by atoms with Crippen molar-refractivity contribution in [1.82, 2.24) is 0 Å². The van der Waals surface area contributed by atoms with Crippen LogP contribution < -0.4 is 15.0 Å². The Balaban J connectivity index is 1.69. The highest BCUT2D eigenvalue weighted by molar-refractivity contribution is 6.46. The Kier molecular flexibility index (Phi) is 5.11. The molecule has 5 nitrogen and oxygen atoms in total. The number of fused-ring (bicyclic) bond motifs is 1. The lowest BCUT2D eigenvalue weighted by molar-refractivity contribution is -0.120. The lowest BCUT2D eigenvalue weighted by atomic mass is 10.0. The number of imide groups is 1. The van der Waals surface area contributed by atoms with E-state index in [9.17, 15) is 14.0 Å². The van der Waals surface area contributed by atoms with Gasteiger partial charge in [0.1, 0.15) is 17.3 Å². The first-order valence-corrected chi connectivity index (χ1v) is 10.4. The van der Waals surface area contributed by atoms with E-state index in [0.29, 0.717) is 17.0 Å². The normalized spacial score (nSPS) is 13.7. The average Bonchev–Trinajstić information content (AvgIpc) is 3.09. The van der Waals surface area contributed by atoms with Gasteiger partial charge >= 0.3 is 0 Å². The van der Waals surface area contributed by atoms with Crippen LogP contribution in [0.3, 0.4) is 0 Å². The van der Waals surface area contributed by atoms with Crippen LogP contribution in [0.4, 0.5) is 15.8 Å². The Morgan fingerprint density at radius 3 is 2.27 bits per heavy atom. The molecule has 0 aliphatic carbocycles. The molecule has 5 rings (SSSR count). The summed E-state index contributed by atoms with van der Waals surface area (Å²) in [6, 6.07) is 25.8. The third-order valence-electron chi connectivity index (χ3n) is 5.59. The third kappa shape index (κ3) is 3.51. The second-order valence-electron chi connectivity index (χ2n) is 7.52. The highest BCUT2D eigenvalue weighted by Crippen LogP contribution is 2.38. The van der Waals surface area contributed by atoms with E-state index in [1.165, 1.54) is 31.4 Å². The van der Waals surface area contributed by atoms with Gasteiger partial charge in [0.05, 0.1) is 18.4 Å². The monoisotopic (exact) mass is 438 g/mol. The predicted octanol–water partition coefficient (Wildman–Crippen LogP) is 5.38. The number of carbonyl (C=O) groups is 2. The number of hydrogen-bond donors (Lipinski definition) is 1. The number of carbonyl (C=O) groups excluding carboxylic acids is 2. The number of ether oxygens (including phenoxy) is 1. The molecule has 6 heteroatoms.